The smallest absolute Gasteiger partial charge is 0.221 e. The van der Waals surface area contributed by atoms with E-state index in [-0.39, 0.29) is 17.7 Å². The van der Waals surface area contributed by atoms with E-state index in [0.717, 1.165) is 0 Å². The standard InChI is InChI=1S/C8H14ClNO/c1-6(2)7(8(10)11)4-3-5-9/h3,5-7H,4H2,1-2H3,(H2,10,11)/t7-/m0/s1. The van der Waals surface area contributed by atoms with Crippen LogP contribution in [0, 0.1) is 11.8 Å². The van der Waals surface area contributed by atoms with Crippen LogP contribution in [0.5, 0.6) is 0 Å². The van der Waals surface area contributed by atoms with Gasteiger partial charge in [-0.3, -0.25) is 4.79 Å². The van der Waals surface area contributed by atoms with Crippen LogP contribution in [0.1, 0.15) is 20.3 Å². The average Bonchev–Trinajstić information content (AvgIpc) is 1.87. The quantitative estimate of drug-likeness (QED) is 0.697. The highest BCUT2D eigenvalue weighted by Gasteiger charge is 2.17. The fourth-order valence-corrected chi connectivity index (χ4v) is 1.02. The van der Waals surface area contributed by atoms with Gasteiger partial charge in [-0.1, -0.05) is 31.5 Å². The molecule has 1 amide bonds. The molecular weight excluding hydrogens is 162 g/mol. The van der Waals surface area contributed by atoms with Crippen LogP contribution in [0.2, 0.25) is 0 Å². The summed E-state index contributed by atoms with van der Waals surface area (Å²) >= 11 is 5.32. The number of allylic oxidation sites excluding steroid dienone is 1. The second kappa shape index (κ2) is 5.19. The van der Waals surface area contributed by atoms with Crippen LogP contribution < -0.4 is 5.73 Å². The molecule has 0 radical (unpaired) electrons. The molecule has 0 bridgehead atoms. The summed E-state index contributed by atoms with van der Waals surface area (Å²) in [4.78, 5) is 10.8. The number of carbonyl (C=O) groups is 1. The highest BCUT2D eigenvalue weighted by molar-refractivity contribution is 6.25. The summed E-state index contributed by atoms with van der Waals surface area (Å²) in [5.41, 5.74) is 6.58. The summed E-state index contributed by atoms with van der Waals surface area (Å²) in [6.45, 7) is 3.94. The lowest BCUT2D eigenvalue weighted by Gasteiger charge is -2.14. The molecule has 3 heteroatoms. The zero-order valence-electron chi connectivity index (χ0n) is 6.88. The van der Waals surface area contributed by atoms with Crippen LogP contribution in [-0.4, -0.2) is 5.91 Å². The number of halogens is 1. The van der Waals surface area contributed by atoms with E-state index in [0.29, 0.717) is 6.42 Å². The van der Waals surface area contributed by atoms with Gasteiger partial charge in [0.05, 0.1) is 0 Å². The second-order valence-electron chi connectivity index (χ2n) is 2.85. The van der Waals surface area contributed by atoms with Crippen molar-refractivity contribution >= 4 is 17.5 Å². The van der Waals surface area contributed by atoms with Gasteiger partial charge in [0.2, 0.25) is 5.91 Å². The number of hydrogen-bond acceptors (Lipinski definition) is 1. The molecule has 0 spiro atoms. The van der Waals surface area contributed by atoms with E-state index in [1.54, 1.807) is 6.08 Å². The first-order chi connectivity index (χ1) is 5.09. The van der Waals surface area contributed by atoms with Crippen molar-refractivity contribution in [1.29, 1.82) is 0 Å². The van der Waals surface area contributed by atoms with Crippen molar-refractivity contribution in [2.45, 2.75) is 20.3 Å². The van der Waals surface area contributed by atoms with Crippen LogP contribution in [0.15, 0.2) is 11.6 Å². The highest BCUT2D eigenvalue weighted by Crippen LogP contribution is 2.14. The molecule has 0 aliphatic carbocycles. The van der Waals surface area contributed by atoms with Gasteiger partial charge in [0.25, 0.3) is 0 Å². The van der Waals surface area contributed by atoms with Gasteiger partial charge in [-0.15, -0.1) is 0 Å². The lowest BCUT2D eigenvalue weighted by molar-refractivity contribution is -0.122. The van der Waals surface area contributed by atoms with E-state index in [9.17, 15) is 4.79 Å². The van der Waals surface area contributed by atoms with Crippen LogP contribution in [-0.2, 0) is 4.79 Å². The van der Waals surface area contributed by atoms with Gasteiger partial charge < -0.3 is 5.73 Å². The maximum atomic E-state index is 10.8. The maximum Gasteiger partial charge on any atom is 0.221 e. The molecule has 2 N–H and O–H groups in total. The number of nitrogens with two attached hydrogens (primary N) is 1. The maximum absolute atomic E-state index is 10.8. The van der Waals surface area contributed by atoms with Crippen molar-refractivity contribution in [3.63, 3.8) is 0 Å². The Kier molecular flexibility index (Phi) is 4.95. The Morgan fingerprint density at radius 1 is 1.64 bits per heavy atom. The van der Waals surface area contributed by atoms with Crippen LogP contribution in [0.3, 0.4) is 0 Å². The predicted octanol–water partition coefficient (Wildman–Crippen LogP) is 1.89. The molecule has 0 saturated carbocycles. The molecule has 2 nitrogen and oxygen atoms in total. The summed E-state index contributed by atoms with van der Waals surface area (Å²) in [5.74, 6) is -0.0693. The molecule has 1 atom stereocenters. The first kappa shape index (κ1) is 10.5. The lowest BCUT2D eigenvalue weighted by atomic mass is 9.92. The van der Waals surface area contributed by atoms with E-state index >= 15 is 0 Å². The summed E-state index contributed by atoms with van der Waals surface area (Å²) < 4.78 is 0. The predicted molar refractivity (Wildman–Crippen MR) is 47.1 cm³/mol. The molecular formula is C8H14ClNO. The normalized spacial score (nSPS) is 14.2. The summed E-state index contributed by atoms with van der Waals surface area (Å²) in [7, 11) is 0. The largest absolute Gasteiger partial charge is 0.369 e. The SMILES string of the molecule is CC(C)[C@H](CC=CCl)C(N)=O. The minimum atomic E-state index is -0.255. The Labute approximate surface area is 72.4 Å². The topological polar surface area (TPSA) is 43.1 Å². The number of rotatable bonds is 4. The Bertz CT molecular complexity index is 154. The van der Waals surface area contributed by atoms with Crippen molar-refractivity contribution in [3.8, 4) is 0 Å². The monoisotopic (exact) mass is 175 g/mol. The van der Waals surface area contributed by atoms with Crippen LogP contribution in [0.25, 0.3) is 0 Å². The third-order valence-electron chi connectivity index (χ3n) is 1.65. The highest BCUT2D eigenvalue weighted by atomic mass is 35.5. The van der Waals surface area contributed by atoms with Gasteiger partial charge in [-0.25, -0.2) is 0 Å². The molecule has 0 aliphatic rings. The molecule has 0 rings (SSSR count). The minimum absolute atomic E-state index is 0.0926. The van der Waals surface area contributed by atoms with E-state index in [4.69, 9.17) is 17.3 Å². The second-order valence-corrected chi connectivity index (χ2v) is 3.10. The zero-order valence-corrected chi connectivity index (χ0v) is 7.64. The third-order valence-corrected chi connectivity index (χ3v) is 1.83. The molecule has 0 heterocycles. The van der Waals surface area contributed by atoms with E-state index < -0.39 is 0 Å². The van der Waals surface area contributed by atoms with Gasteiger partial charge in [0, 0.05) is 11.5 Å². The Morgan fingerprint density at radius 2 is 2.18 bits per heavy atom. The van der Waals surface area contributed by atoms with Crippen LogP contribution in [0.4, 0.5) is 0 Å². The Balaban J connectivity index is 4.00. The number of carbonyl (C=O) groups excluding carboxylic acids is 1. The summed E-state index contributed by atoms with van der Waals surface area (Å²) in [6.07, 6.45) is 2.38. The van der Waals surface area contributed by atoms with Crippen LogP contribution >= 0.6 is 11.6 Å². The zero-order chi connectivity index (χ0) is 8.85. The molecule has 0 saturated heterocycles. The Hall–Kier alpha value is -0.500. The van der Waals surface area contributed by atoms with Crippen molar-refractivity contribution in [3.05, 3.63) is 11.6 Å². The molecule has 0 aromatic carbocycles. The summed E-state index contributed by atoms with van der Waals surface area (Å²) in [6, 6.07) is 0. The van der Waals surface area contributed by atoms with Crippen molar-refractivity contribution in [2.24, 2.45) is 17.6 Å². The molecule has 0 aliphatic heterocycles. The average molecular weight is 176 g/mol. The molecule has 11 heavy (non-hydrogen) atoms. The fourth-order valence-electron chi connectivity index (χ4n) is 0.915. The molecule has 0 unspecified atom stereocenters. The Morgan fingerprint density at radius 3 is 2.45 bits per heavy atom. The fraction of sp³-hybridized carbons (Fsp3) is 0.625. The van der Waals surface area contributed by atoms with E-state index in [1.165, 1.54) is 5.54 Å². The molecule has 64 valence electrons. The van der Waals surface area contributed by atoms with Gasteiger partial charge >= 0.3 is 0 Å². The summed E-state index contributed by atoms with van der Waals surface area (Å²) in [5, 5.41) is 0. The van der Waals surface area contributed by atoms with Gasteiger partial charge in [-0.05, 0) is 12.3 Å². The van der Waals surface area contributed by atoms with Crippen molar-refractivity contribution in [2.75, 3.05) is 0 Å². The van der Waals surface area contributed by atoms with Gasteiger partial charge in [0.1, 0.15) is 0 Å². The molecule has 0 aromatic rings. The van der Waals surface area contributed by atoms with Gasteiger partial charge in [-0.2, -0.15) is 0 Å². The third kappa shape index (κ3) is 4.04. The molecule has 0 aromatic heterocycles. The minimum Gasteiger partial charge on any atom is -0.369 e. The lowest BCUT2D eigenvalue weighted by Crippen LogP contribution is -2.26. The number of hydrogen-bond donors (Lipinski definition) is 1. The van der Waals surface area contributed by atoms with E-state index in [1.807, 2.05) is 13.8 Å². The van der Waals surface area contributed by atoms with Gasteiger partial charge in [0.15, 0.2) is 0 Å². The first-order valence-corrected chi connectivity index (χ1v) is 4.07. The molecule has 0 fully saturated rings. The van der Waals surface area contributed by atoms with Crippen molar-refractivity contribution < 1.29 is 4.79 Å². The number of amides is 1. The number of primary amides is 1. The first-order valence-electron chi connectivity index (χ1n) is 3.64. The van der Waals surface area contributed by atoms with Crippen molar-refractivity contribution in [1.82, 2.24) is 0 Å². The van der Waals surface area contributed by atoms with E-state index in [2.05, 4.69) is 0 Å².